The van der Waals surface area contributed by atoms with Gasteiger partial charge in [-0.05, 0) is 38.0 Å². The van der Waals surface area contributed by atoms with E-state index in [9.17, 15) is 4.79 Å². The predicted octanol–water partition coefficient (Wildman–Crippen LogP) is 3.00. The smallest absolute Gasteiger partial charge is 0.229 e. The Morgan fingerprint density at radius 2 is 2.38 bits per heavy atom. The first-order valence-electron chi connectivity index (χ1n) is 7.58. The van der Waals surface area contributed by atoms with Crippen molar-refractivity contribution >= 4 is 5.91 Å². The quantitative estimate of drug-likeness (QED) is 0.944. The summed E-state index contributed by atoms with van der Waals surface area (Å²) in [7, 11) is 0. The fourth-order valence-electron chi connectivity index (χ4n) is 3.01. The van der Waals surface area contributed by atoms with Crippen molar-refractivity contribution in [3.05, 3.63) is 41.6 Å². The number of rotatable bonds is 3. The van der Waals surface area contributed by atoms with E-state index in [2.05, 4.69) is 10.2 Å². The number of hydrogen-bond donors (Lipinski definition) is 1. The second-order valence-electron chi connectivity index (χ2n) is 5.69. The van der Waals surface area contributed by atoms with Crippen molar-refractivity contribution in [2.45, 2.75) is 45.1 Å². The van der Waals surface area contributed by atoms with Crippen LogP contribution in [0, 0.1) is 6.92 Å². The van der Waals surface area contributed by atoms with E-state index in [1.54, 1.807) is 6.26 Å². The van der Waals surface area contributed by atoms with E-state index < -0.39 is 0 Å². The predicted molar refractivity (Wildman–Crippen MR) is 78.7 cm³/mol. The largest absolute Gasteiger partial charge is 0.467 e. The Morgan fingerprint density at radius 3 is 3.10 bits per heavy atom. The van der Waals surface area contributed by atoms with Gasteiger partial charge in [-0.2, -0.15) is 5.10 Å². The number of hydrogen-bond acceptors (Lipinski definition) is 3. The Labute approximate surface area is 124 Å². The Bertz CT molecular complexity index is 588. The van der Waals surface area contributed by atoms with Crippen LogP contribution in [0.15, 0.2) is 28.9 Å². The zero-order valence-corrected chi connectivity index (χ0v) is 12.3. The minimum Gasteiger partial charge on any atom is -0.467 e. The summed E-state index contributed by atoms with van der Waals surface area (Å²) in [6.07, 6.45) is 6.36. The molecular weight excluding hydrogens is 266 g/mol. The molecule has 0 saturated carbocycles. The van der Waals surface area contributed by atoms with Gasteiger partial charge in [0.15, 0.2) is 0 Å². The van der Waals surface area contributed by atoms with Crippen molar-refractivity contribution in [1.29, 1.82) is 0 Å². The van der Waals surface area contributed by atoms with Crippen molar-refractivity contribution in [3.8, 4) is 0 Å². The number of furan rings is 1. The molecule has 112 valence electrons. The standard InChI is InChI=1S/C16H21N3O2/c1-12-10-13(18-17-12)11-16(20)19-8-4-2-3-6-14(19)15-7-5-9-21-15/h5,7,9-10,14H,2-4,6,8,11H2,1H3,(H,17,18). The number of aryl methyl sites for hydroxylation is 1. The first-order chi connectivity index (χ1) is 10.2. The lowest BCUT2D eigenvalue weighted by Gasteiger charge is -2.28. The van der Waals surface area contributed by atoms with E-state index >= 15 is 0 Å². The van der Waals surface area contributed by atoms with Crippen LogP contribution in [0.25, 0.3) is 0 Å². The lowest BCUT2D eigenvalue weighted by Crippen LogP contribution is -2.35. The van der Waals surface area contributed by atoms with Gasteiger partial charge >= 0.3 is 0 Å². The van der Waals surface area contributed by atoms with E-state index in [4.69, 9.17) is 4.42 Å². The number of carbonyl (C=O) groups excluding carboxylic acids is 1. The highest BCUT2D eigenvalue weighted by atomic mass is 16.3. The lowest BCUT2D eigenvalue weighted by molar-refractivity contribution is -0.133. The molecule has 5 heteroatoms. The van der Waals surface area contributed by atoms with Gasteiger partial charge in [-0.3, -0.25) is 9.89 Å². The molecule has 5 nitrogen and oxygen atoms in total. The summed E-state index contributed by atoms with van der Waals surface area (Å²) in [6, 6.07) is 5.85. The summed E-state index contributed by atoms with van der Waals surface area (Å²) in [5, 5.41) is 7.05. The summed E-state index contributed by atoms with van der Waals surface area (Å²) in [4.78, 5) is 14.6. The molecule has 1 saturated heterocycles. The zero-order chi connectivity index (χ0) is 14.7. The number of aromatic nitrogens is 2. The molecule has 0 bridgehead atoms. The molecule has 2 aromatic rings. The highest BCUT2D eigenvalue weighted by Gasteiger charge is 2.28. The molecule has 2 aromatic heterocycles. The van der Waals surface area contributed by atoms with Gasteiger partial charge in [0.1, 0.15) is 5.76 Å². The molecule has 0 spiro atoms. The molecule has 1 unspecified atom stereocenters. The van der Waals surface area contributed by atoms with Crippen LogP contribution in [-0.4, -0.2) is 27.5 Å². The number of aromatic amines is 1. The molecule has 3 rings (SSSR count). The van der Waals surface area contributed by atoms with E-state index in [1.807, 2.05) is 30.0 Å². The van der Waals surface area contributed by atoms with E-state index in [1.165, 1.54) is 6.42 Å². The fourth-order valence-corrected chi connectivity index (χ4v) is 3.01. The van der Waals surface area contributed by atoms with Crippen LogP contribution in [-0.2, 0) is 11.2 Å². The maximum absolute atomic E-state index is 12.7. The minimum absolute atomic E-state index is 0.0649. The molecule has 0 aliphatic carbocycles. The van der Waals surface area contributed by atoms with Gasteiger partial charge in [0.2, 0.25) is 5.91 Å². The van der Waals surface area contributed by atoms with Crippen molar-refractivity contribution in [1.82, 2.24) is 15.1 Å². The molecule has 1 N–H and O–H groups in total. The van der Waals surface area contributed by atoms with Crippen molar-refractivity contribution < 1.29 is 9.21 Å². The molecule has 0 radical (unpaired) electrons. The average Bonchev–Trinajstić information content (AvgIpc) is 3.06. The molecule has 21 heavy (non-hydrogen) atoms. The number of likely N-dealkylation sites (tertiary alicyclic amines) is 1. The molecule has 1 aliphatic rings. The molecule has 1 aliphatic heterocycles. The topological polar surface area (TPSA) is 62.1 Å². The molecule has 1 atom stereocenters. The minimum atomic E-state index is 0.0649. The van der Waals surface area contributed by atoms with Crippen LogP contribution in [0.1, 0.15) is 48.9 Å². The summed E-state index contributed by atoms with van der Waals surface area (Å²) >= 11 is 0. The summed E-state index contributed by atoms with van der Waals surface area (Å²) < 4.78 is 5.55. The Morgan fingerprint density at radius 1 is 1.48 bits per heavy atom. The van der Waals surface area contributed by atoms with E-state index in [-0.39, 0.29) is 11.9 Å². The van der Waals surface area contributed by atoms with Crippen LogP contribution < -0.4 is 0 Å². The summed E-state index contributed by atoms with van der Waals surface area (Å²) in [6.45, 7) is 2.74. The SMILES string of the molecule is Cc1cc(CC(=O)N2CCCCCC2c2ccco2)n[nH]1. The van der Waals surface area contributed by atoms with Gasteiger partial charge in [0.05, 0.1) is 24.4 Å². The number of H-pyrrole nitrogens is 1. The van der Waals surface area contributed by atoms with E-state index in [0.29, 0.717) is 6.42 Å². The Hall–Kier alpha value is -2.04. The van der Waals surface area contributed by atoms with Gasteiger partial charge in [0.25, 0.3) is 0 Å². The third-order valence-corrected chi connectivity index (χ3v) is 4.04. The molecular formula is C16H21N3O2. The van der Waals surface area contributed by atoms with Gasteiger partial charge in [-0.25, -0.2) is 0 Å². The molecule has 0 aromatic carbocycles. The molecule has 1 fully saturated rings. The maximum Gasteiger partial charge on any atom is 0.229 e. The van der Waals surface area contributed by atoms with Crippen LogP contribution in [0.4, 0.5) is 0 Å². The second kappa shape index (κ2) is 6.16. The normalized spacial score (nSPS) is 19.5. The Balaban J connectivity index is 1.77. The van der Waals surface area contributed by atoms with Gasteiger partial charge < -0.3 is 9.32 Å². The van der Waals surface area contributed by atoms with E-state index in [0.717, 1.165) is 43.0 Å². The highest BCUT2D eigenvalue weighted by molar-refractivity contribution is 5.78. The van der Waals surface area contributed by atoms with Crippen molar-refractivity contribution in [2.75, 3.05) is 6.54 Å². The van der Waals surface area contributed by atoms with Crippen LogP contribution in [0.3, 0.4) is 0 Å². The maximum atomic E-state index is 12.7. The second-order valence-corrected chi connectivity index (χ2v) is 5.69. The van der Waals surface area contributed by atoms with Gasteiger partial charge in [0, 0.05) is 12.2 Å². The number of carbonyl (C=O) groups is 1. The molecule has 1 amide bonds. The monoisotopic (exact) mass is 287 g/mol. The lowest BCUT2D eigenvalue weighted by atomic mass is 10.1. The van der Waals surface area contributed by atoms with Gasteiger partial charge in [-0.1, -0.05) is 12.8 Å². The molecule has 3 heterocycles. The fraction of sp³-hybridized carbons (Fsp3) is 0.500. The van der Waals surface area contributed by atoms with Crippen molar-refractivity contribution in [3.63, 3.8) is 0 Å². The third kappa shape index (κ3) is 3.17. The zero-order valence-electron chi connectivity index (χ0n) is 12.3. The third-order valence-electron chi connectivity index (χ3n) is 4.04. The van der Waals surface area contributed by atoms with Crippen LogP contribution in [0.5, 0.6) is 0 Å². The highest BCUT2D eigenvalue weighted by Crippen LogP contribution is 2.30. The average molecular weight is 287 g/mol. The summed E-state index contributed by atoms with van der Waals surface area (Å²) in [5.74, 6) is 1.02. The van der Waals surface area contributed by atoms with Crippen molar-refractivity contribution in [2.24, 2.45) is 0 Å². The summed E-state index contributed by atoms with van der Waals surface area (Å²) in [5.41, 5.74) is 1.79. The first kappa shape index (κ1) is 13.9. The van der Waals surface area contributed by atoms with Crippen LogP contribution >= 0.6 is 0 Å². The van der Waals surface area contributed by atoms with Crippen LogP contribution in [0.2, 0.25) is 0 Å². The number of nitrogens with one attached hydrogen (secondary N) is 1. The first-order valence-corrected chi connectivity index (χ1v) is 7.58. The Kier molecular flexibility index (Phi) is 4.08. The number of nitrogens with zero attached hydrogens (tertiary/aromatic N) is 2. The van der Waals surface area contributed by atoms with Gasteiger partial charge in [-0.15, -0.1) is 0 Å². The number of amides is 1.